The van der Waals surface area contributed by atoms with E-state index in [0.29, 0.717) is 53.0 Å². The highest BCUT2D eigenvalue weighted by Gasteiger charge is 2.55. The lowest BCUT2D eigenvalue weighted by Crippen LogP contribution is -2.47. The first-order chi connectivity index (χ1) is 17.8. The number of rotatable bonds is 16. The van der Waals surface area contributed by atoms with Gasteiger partial charge in [-0.05, 0) is 87.0 Å². The molecule has 9 nitrogen and oxygen atoms in total. The summed E-state index contributed by atoms with van der Waals surface area (Å²) in [6, 6.07) is 0.209. The number of ether oxygens (including phenoxy) is 7. The fraction of sp³-hybridized carbons (Fsp3) is 1.00. The van der Waals surface area contributed by atoms with Gasteiger partial charge in [0.25, 0.3) is 0 Å². The van der Waals surface area contributed by atoms with Gasteiger partial charge in [0, 0.05) is 24.1 Å². The quantitative estimate of drug-likeness (QED) is 0.273. The standard InChI is InChI=1S/C29H56N2O7/c1-10-11-36-28(7,8)24(12-26(3,4)37-15-23(2)30-17-32-21-33-18-30)13-27(5,6)38-16-25-14-29(25,9)31-19-34-22-35-20-31/h23-25H,10-22H2,1-9H3. The van der Waals surface area contributed by atoms with Crippen molar-refractivity contribution in [3.63, 3.8) is 0 Å². The van der Waals surface area contributed by atoms with Crippen molar-refractivity contribution in [2.75, 3.05) is 60.3 Å². The molecular formula is C29H56N2O7. The molecule has 0 amide bonds. The van der Waals surface area contributed by atoms with Crippen LogP contribution < -0.4 is 0 Å². The highest BCUT2D eigenvalue weighted by atomic mass is 16.7. The van der Waals surface area contributed by atoms with Gasteiger partial charge < -0.3 is 33.2 Å². The molecule has 224 valence electrons. The van der Waals surface area contributed by atoms with Crippen LogP contribution in [0.2, 0.25) is 0 Å². The van der Waals surface area contributed by atoms with E-state index in [1.54, 1.807) is 0 Å². The summed E-state index contributed by atoms with van der Waals surface area (Å²) in [6.45, 7) is 25.1. The summed E-state index contributed by atoms with van der Waals surface area (Å²) in [5, 5.41) is 0. The molecule has 0 aromatic carbocycles. The lowest BCUT2D eigenvalue weighted by Gasteiger charge is -2.43. The maximum absolute atomic E-state index is 6.62. The molecule has 0 radical (unpaired) electrons. The molecule has 38 heavy (non-hydrogen) atoms. The summed E-state index contributed by atoms with van der Waals surface area (Å²) in [4.78, 5) is 4.43. The molecule has 2 aliphatic heterocycles. The molecule has 1 aliphatic carbocycles. The van der Waals surface area contributed by atoms with Gasteiger partial charge in [-0.1, -0.05) is 6.92 Å². The number of hydrogen-bond acceptors (Lipinski definition) is 9. The third kappa shape index (κ3) is 9.35. The second-order valence-electron chi connectivity index (χ2n) is 13.5. The fourth-order valence-electron chi connectivity index (χ4n) is 5.54. The van der Waals surface area contributed by atoms with Gasteiger partial charge in [-0.25, -0.2) is 0 Å². The lowest BCUT2D eigenvalue weighted by molar-refractivity contribution is -0.202. The Balaban J connectivity index is 1.57. The van der Waals surface area contributed by atoms with Gasteiger partial charge in [0.1, 0.15) is 40.5 Å². The van der Waals surface area contributed by atoms with Crippen LogP contribution in [0.3, 0.4) is 0 Å². The third-order valence-corrected chi connectivity index (χ3v) is 8.59. The van der Waals surface area contributed by atoms with Crippen LogP contribution in [0.4, 0.5) is 0 Å². The molecule has 0 aromatic rings. The zero-order valence-corrected chi connectivity index (χ0v) is 25.7. The van der Waals surface area contributed by atoms with E-state index in [-0.39, 0.29) is 34.3 Å². The molecule has 1 saturated carbocycles. The van der Waals surface area contributed by atoms with Gasteiger partial charge in [-0.15, -0.1) is 0 Å². The zero-order chi connectivity index (χ0) is 28.0. The molecule has 9 heteroatoms. The Hall–Kier alpha value is -0.360. The van der Waals surface area contributed by atoms with Crippen molar-refractivity contribution in [3.8, 4) is 0 Å². The van der Waals surface area contributed by atoms with E-state index >= 15 is 0 Å². The summed E-state index contributed by atoms with van der Waals surface area (Å²) < 4.78 is 41.4. The Morgan fingerprint density at radius 3 is 1.97 bits per heavy atom. The van der Waals surface area contributed by atoms with Crippen LogP contribution in [0.1, 0.15) is 88.0 Å². The van der Waals surface area contributed by atoms with E-state index in [1.165, 1.54) is 0 Å². The molecule has 0 N–H and O–H groups in total. The van der Waals surface area contributed by atoms with Gasteiger partial charge >= 0.3 is 0 Å². The van der Waals surface area contributed by atoms with Crippen molar-refractivity contribution in [1.82, 2.24) is 9.80 Å². The maximum Gasteiger partial charge on any atom is 0.150 e. The Bertz CT molecular complexity index is 707. The predicted octanol–water partition coefficient (Wildman–Crippen LogP) is 4.79. The Kier molecular flexibility index (Phi) is 11.5. The minimum atomic E-state index is -0.317. The Morgan fingerprint density at radius 1 is 0.842 bits per heavy atom. The minimum Gasteiger partial charge on any atom is -0.375 e. The summed E-state index contributed by atoms with van der Waals surface area (Å²) in [5.41, 5.74) is -0.811. The van der Waals surface area contributed by atoms with E-state index in [0.717, 1.165) is 38.9 Å². The van der Waals surface area contributed by atoms with E-state index in [9.17, 15) is 0 Å². The van der Waals surface area contributed by atoms with Gasteiger partial charge in [0.15, 0.2) is 0 Å². The SMILES string of the molecule is CCCOC(C)(C)C(CC(C)(C)OCC(C)N1COCOC1)CC(C)(C)OCC1CC1(C)N1COCOC1. The fourth-order valence-corrected chi connectivity index (χ4v) is 5.54. The maximum atomic E-state index is 6.62. The summed E-state index contributed by atoms with van der Waals surface area (Å²) in [7, 11) is 0. The van der Waals surface area contributed by atoms with Gasteiger partial charge in [-0.3, -0.25) is 9.80 Å². The van der Waals surface area contributed by atoms with Crippen LogP contribution in [-0.4, -0.2) is 98.5 Å². The highest BCUT2D eigenvalue weighted by Crippen LogP contribution is 2.49. The average Bonchev–Trinajstić information content (AvgIpc) is 3.56. The van der Waals surface area contributed by atoms with Crippen LogP contribution in [0, 0.1) is 11.8 Å². The zero-order valence-electron chi connectivity index (χ0n) is 25.7. The molecule has 0 spiro atoms. The lowest BCUT2D eigenvalue weighted by atomic mass is 9.76. The second kappa shape index (κ2) is 13.5. The molecule has 3 rings (SSSR count). The first-order valence-corrected chi connectivity index (χ1v) is 14.5. The topological polar surface area (TPSA) is 71.1 Å². The molecule has 2 heterocycles. The normalized spacial score (nSPS) is 27.9. The summed E-state index contributed by atoms with van der Waals surface area (Å²) in [5.74, 6) is 0.740. The second-order valence-corrected chi connectivity index (χ2v) is 13.5. The van der Waals surface area contributed by atoms with E-state index in [4.69, 9.17) is 33.2 Å². The van der Waals surface area contributed by atoms with E-state index < -0.39 is 0 Å². The molecule has 4 atom stereocenters. The average molecular weight is 545 g/mol. The van der Waals surface area contributed by atoms with Crippen molar-refractivity contribution in [2.24, 2.45) is 11.8 Å². The van der Waals surface area contributed by atoms with Crippen LogP contribution in [-0.2, 0) is 33.2 Å². The van der Waals surface area contributed by atoms with Crippen molar-refractivity contribution < 1.29 is 33.2 Å². The summed E-state index contributed by atoms with van der Waals surface area (Å²) in [6.07, 6.45) is 3.87. The minimum absolute atomic E-state index is 0.0936. The van der Waals surface area contributed by atoms with E-state index in [1.807, 2.05) is 0 Å². The molecule has 3 aliphatic rings. The molecule has 0 bridgehead atoms. The van der Waals surface area contributed by atoms with Crippen LogP contribution in [0.15, 0.2) is 0 Å². The van der Waals surface area contributed by atoms with Crippen molar-refractivity contribution in [3.05, 3.63) is 0 Å². The van der Waals surface area contributed by atoms with Crippen molar-refractivity contribution >= 4 is 0 Å². The summed E-state index contributed by atoms with van der Waals surface area (Å²) >= 11 is 0. The molecule has 4 unspecified atom stereocenters. The molecule has 3 fully saturated rings. The predicted molar refractivity (Wildman–Crippen MR) is 146 cm³/mol. The van der Waals surface area contributed by atoms with Gasteiger partial charge in [-0.2, -0.15) is 0 Å². The molecule has 2 saturated heterocycles. The first-order valence-electron chi connectivity index (χ1n) is 14.5. The molecule has 0 aromatic heterocycles. The monoisotopic (exact) mass is 544 g/mol. The van der Waals surface area contributed by atoms with Crippen LogP contribution in [0.5, 0.6) is 0 Å². The van der Waals surface area contributed by atoms with E-state index in [2.05, 4.69) is 72.1 Å². The Labute approximate surface area is 231 Å². The van der Waals surface area contributed by atoms with Crippen molar-refractivity contribution in [1.29, 1.82) is 0 Å². The molecular weight excluding hydrogens is 488 g/mol. The number of hydrogen-bond donors (Lipinski definition) is 0. The van der Waals surface area contributed by atoms with Gasteiger partial charge in [0.2, 0.25) is 0 Å². The highest BCUT2D eigenvalue weighted by molar-refractivity contribution is 5.08. The third-order valence-electron chi connectivity index (χ3n) is 8.59. The largest absolute Gasteiger partial charge is 0.375 e. The van der Waals surface area contributed by atoms with Crippen molar-refractivity contribution in [2.45, 2.75) is 116 Å². The van der Waals surface area contributed by atoms with Gasteiger partial charge in [0.05, 0.1) is 30.0 Å². The van der Waals surface area contributed by atoms with Crippen LogP contribution in [0.25, 0.3) is 0 Å². The smallest absolute Gasteiger partial charge is 0.150 e. The first kappa shape index (κ1) is 32.2. The van der Waals surface area contributed by atoms with Crippen LogP contribution >= 0.6 is 0 Å². The number of nitrogens with zero attached hydrogens (tertiary/aromatic N) is 2. The Morgan fingerprint density at radius 2 is 1.39 bits per heavy atom.